The van der Waals surface area contributed by atoms with Crippen LogP contribution in [-0.2, 0) is 9.53 Å². The van der Waals surface area contributed by atoms with Gasteiger partial charge in [-0.3, -0.25) is 4.79 Å². The van der Waals surface area contributed by atoms with Crippen molar-refractivity contribution in [2.24, 2.45) is 0 Å². The Labute approximate surface area is 146 Å². The molecular formula is C18H21N3O4. The zero-order valence-electron chi connectivity index (χ0n) is 14.1. The molecule has 3 heterocycles. The summed E-state index contributed by atoms with van der Waals surface area (Å²) >= 11 is 0. The molecule has 0 aromatic heterocycles. The van der Waals surface area contributed by atoms with Gasteiger partial charge in [0, 0.05) is 13.2 Å². The summed E-state index contributed by atoms with van der Waals surface area (Å²) in [7, 11) is 1.59. The van der Waals surface area contributed by atoms with Crippen LogP contribution in [0.15, 0.2) is 35.5 Å². The van der Waals surface area contributed by atoms with Crippen LogP contribution in [0.25, 0.3) is 0 Å². The van der Waals surface area contributed by atoms with Crippen molar-refractivity contribution in [1.29, 1.82) is 0 Å². The Morgan fingerprint density at radius 2 is 2.24 bits per heavy atom. The molecule has 3 aliphatic heterocycles. The van der Waals surface area contributed by atoms with Crippen LogP contribution in [0.2, 0.25) is 0 Å². The number of hydrogen-bond acceptors (Lipinski definition) is 4. The van der Waals surface area contributed by atoms with Crippen molar-refractivity contribution in [3.05, 3.63) is 41.1 Å². The summed E-state index contributed by atoms with van der Waals surface area (Å²) in [6.07, 6.45) is 2.09. The number of benzene rings is 1. The van der Waals surface area contributed by atoms with Crippen molar-refractivity contribution in [1.82, 2.24) is 15.5 Å². The Bertz CT molecular complexity index is 740. The van der Waals surface area contributed by atoms with E-state index in [1.165, 1.54) is 0 Å². The topological polar surface area (TPSA) is 79.9 Å². The quantitative estimate of drug-likeness (QED) is 0.864. The second kappa shape index (κ2) is 6.40. The number of hydrogen-bond donors (Lipinski definition) is 2. The zero-order chi connectivity index (χ0) is 17.4. The lowest BCUT2D eigenvalue weighted by Gasteiger charge is -2.26. The summed E-state index contributed by atoms with van der Waals surface area (Å²) in [5.41, 5.74) is 2.11. The van der Waals surface area contributed by atoms with Crippen LogP contribution in [-0.4, -0.2) is 49.7 Å². The molecule has 0 unspecified atom stereocenters. The lowest BCUT2D eigenvalue weighted by atomic mass is 9.96. The zero-order valence-corrected chi connectivity index (χ0v) is 14.1. The van der Waals surface area contributed by atoms with Gasteiger partial charge in [-0.05, 0) is 30.5 Å². The van der Waals surface area contributed by atoms with Gasteiger partial charge in [0.05, 0.1) is 37.1 Å². The van der Waals surface area contributed by atoms with E-state index in [1.54, 1.807) is 12.0 Å². The Kier molecular flexibility index (Phi) is 4.09. The Balaban J connectivity index is 1.61. The molecule has 1 aromatic carbocycles. The Morgan fingerprint density at radius 1 is 1.36 bits per heavy atom. The highest BCUT2D eigenvalue weighted by Gasteiger charge is 2.41. The van der Waals surface area contributed by atoms with Crippen molar-refractivity contribution < 1.29 is 19.1 Å². The van der Waals surface area contributed by atoms with Gasteiger partial charge in [-0.15, -0.1) is 0 Å². The van der Waals surface area contributed by atoms with E-state index in [0.29, 0.717) is 30.1 Å². The smallest absolute Gasteiger partial charge is 0.319 e. The third kappa shape index (κ3) is 2.95. The maximum absolute atomic E-state index is 13.0. The van der Waals surface area contributed by atoms with Gasteiger partial charge in [0.15, 0.2) is 0 Å². The molecule has 3 aliphatic rings. The SMILES string of the molecule is COc1cccc([C@@H]2NC(=O)NC3=C2C(=O)N(C[C@H]2CCCO2)C3)c1. The maximum Gasteiger partial charge on any atom is 0.319 e. The minimum atomic E-state index is -0.471. The van der Waals surface area contributed by atoms with E-state index < -0.39 is 6.04 Å². The first-order chi connectivity index (χ1) is 12.2. The van der Waals surface area contributed by atoms with Gasteiger partial charge in [0.25, 0.3) is 5.91 Å². The van der Waals surface area contributed by atoms with Crippen molar-refractivity contribution in [3.8, 4) is 5.75 Å². The number of urea groups is 1. The normalized spacial score (nSPS) is 25.7. The molecule has 132 valence electrons. The van der Waals surface area contributed by atoms with Gasteiger partial charge < -0.3 is 25.0 Å². The molecule has 1 saturated heterocycles. The summed E-state index contributed by atoms with van der Waals surface area (Å²) in [4.78, 5) is 26.8. The van der Waals surface area contributed by atoms with E-state index in [1.807, 2.05) is 24.3 Å². The van der Waals surface area contributed by atoms with Crippen LogP contribution in [0.5, 0.6) is 5.75 Å². The van der Waals surface area contributed by atoms with Gasteiger partial charge in [-0.2, -0.15) is 0 Å². The van der Waals surface area contributed by atoms with Crippen LogP contribution < -0.4 is 15.4 Å². The van der Waals surface area contributed by atoms with Gasteiger partial charge in [0.2, 0.25) is 0 Å². The fourth-order valence-corrected chi connectivity index (χ4v) is 3.68. The third-order valence-corrected chi connectivity index (χ3v) is 4.90. The largest absolute Gasteiger partial charge is 0.497 e. The lowest BCUT2D eigenvalue weighted by molar-refractivity contribution is -0.127. The highest BCUT2D eigenvalue weighted by atomic mass is 16.5. The van der Waals surface area contributed by atoms with Crippen molar-refractivity contribution in [2.75, 3.05) is 26.8 Å². The van der Waals surface area contributed by atoms with Crippen LogP contribution in [0.3, 0.4) is 0 Å². The van der Waals surface area contributed by atoms with E-state index >= 15 is 0 Å². The lowest BCUT2D eigenvalue weighted by Crippen LogP contribution is -2.44. The standard InChI is InChI=1S/C18H21N3O4/c1-24-12-5-2-4-11(8-12)16-15-14(19-18(23)20-16)10-21(17(15)22)9-13-6-3-7-25-13/h2,4-5,8,13,16H,3,6-7,9-10H2,1H3,(H2,19,20,23)/t13-,16+/m1/s1. The summed E-state index contributed by atoms with van der Waals surface area (Å²) in [5.74, 6) is 0.639. The van der Waals surface area contributed by atoms with E-state index in [9.17, 15) is 9.59 Å². The third-order valence-electron chi connectivity index (χ3n) is 4.90. The molecule has 25 heavy (non-hydrogen) atoms. The number of rotatable bonds is 4. The summed E-state index contributed by atoms with van der Waals surface area (Å²) in [6, 6.07) is 6.66. The number of nitrogens with one attached hydrogen (secondary N) is 2. The fraction of sp³-hybridized carbons (Fsp3) is 0.444. The maximum atomic E-state index is 13.0. The van der Waals surface area contributed by atoms with Crippen LogP contribution >= 0.6 is 0 Å². The fourth-order valence-electron chi connectivity index (χ4n) is 3.68. The predicted octanol–water partition coefficient (Wildman–Crippen LogP) is 1.32. The van der Waals surface area contributed by atoms with E-state index in [4.69, 9.17) is 9.47 Å². The number of methoxy groups -OCH3 is 1. The van der Waals surface area contributed by atoms with E-state index in [2.05, 4.69) is 10.6 Å². The minimum absolute atomic E-state index is 0.0502. The Hall–Kier alpha value is -2.54. The van der Waals surface area contributed by atoms with Gasteiger partial charge in [-0.1, -0.05) is 12.1 Å². The number of amides is 3. The summed E-state index contributed by atoms with van der Waals surface area (Å²) < 4.78 is 10.9. The molecule has 0 radical (unpaired) electrons. The Morgan fingerprint density at radius 3 is 3.00 bits per heavy atom. The molecule has 7 nitrogen and oxygen atoms in total. The summed E-state index contributed by atoms with van der Waals surface area (Å²) in [5, 5.41) is 5.64. The van der Waals surface area contributed by atoms with Crippen molar-refractivity contribution in [2.45, 2.75) is 25.0 Å². The van der Waals surface area contributed by atoms with Crippen molar-refractivity contribution >= 4 is 11.9 Å². The average Bonchev–Trinajstić information content (AvgIpc) is 3.23. The number of carbonyl (C=O) groups is 2. The first-order valence-electron chi connectivity index (χ1n) is 8.51. The molecule has 1 aromatic rings. The van der Waals surface area contributed by atoms with Crippen LogP contribution in [0, 0.1) is 0 Å². The second-order valence-electron chi connectivity index (χ2n) is 6.52. The minimum Gasteiger partial charge on any atom is -0.497 e. The highest BCUT2D eigenvalue weighted by Crippen LogP contribution is 2.34. The number of ether oxygens (including phenoxy) is 2. The molecule has 1 fully saturated rings. The van der Waals surface area contributed by atoms with Gasteiger partial charge >= 0.3 is 6.03 Å². The first-order valence-corrected chi connectivity index (χ1v) is 8.51. The average molecular weight is 343 g/mol. The monoisotopic (exact) mass is 343 g/mol. The molecule has 0 aliphatic carbocycles. The highest BCUT2D eigenvalue weighted by molar-refractivity contribution is 6.01. The van der Waals surface area contributed by atoms with Gasteiger partial charge in [-0.25, -0.2) is 4.79 Å². The van der Waals surface area contributed by atoms with E-state index in [0.717, 1.165) is 25.0 Å². The molecule has 0 bridgehead atoms. The molecule has 4 rings (SSSR count). The number of nitrogens with zero attached hydrogens (tertiary/aromatic N) is 1. The summed E-state index contributed by atoms with van der Waals surface area (Å²) in [6.45, 7) is 1.74. The molecule has 2 N–H and O–H groups in total. The van der Waals surface area contributed by atoms with Crippen LogP contribution in [0.1, 0.15) is 24.4 Å². The second-order valence-corrected chi connectivity index (χ2v) is 6.52. The molecular weight excluding hydrogens is 322 g/mol. The predicted molar refractivity (Wildman–Crippen MR) is 90.0 cm³/mol. The molecule has 0 saturated carbocycles. The molecule has 0 spiro atoms. The molecule has 7 heteroatoms. The van der Waals surface area contributed by atoms with Gasteiger partial charge in [0.1, 0.15) is 5.75 Å². The van der Waals surface area contributed by atoms with Crippen LogP contribution in [0.4, 0.5) is 4.79 Å². The van der Waals surface area contributed by atoms with Crippen molar-refractivity contribution in [3.63, 3.8) is 0 Å². The van der Waals surface area contributed by atoms with E-state index in [-0.39, 0.29) is 18.0 Å². The molecule has 2 atom stereocenters. The number of carbonyl (C=O) groups excluding carboxylic acids is 2. The first kappa shape index (κ1) is 16.0. The molecule has 3 amide bonds.